The van der Waals surface area contributed by atoms with Gasteiger partial charge in [-0.2, -0.15) is 0 Å². The van der Waals surface area contributed by atoms with E-state index in [2.05, 4.69) is 28.9 Å². The molecule has 0 aromatic rings. The summed E-state index contributed by atoms with van der Waals surface area (Å²) < 4.78 is 0. The molecule has 4 aliphatic carbocycles. The summed E-state index contributed by atoms with van der Waals surface area (Å²) in [4.78, 5) is 12.0. The Balaban J connectivity index is 1.64. The molecule has 4 aliphatic rings. The van der Waals surface area contributed by atoms with Crippen LogP contribution in [0.2, 0.25) is 0 Å². The minimum absolute atomic E-state index is 0.195. The molecule has 0 saturated heterocycles. The van der Waals surface area contributed by atoms with E-state index in [-0.39, 0.29) is 5.78 Å². The molecule has 0 amide bonds. The number of rotatable bonds is 1. The molecule has 3 fully saturated rings. The first kappa shape index (κ1) is 16.4. The highest BCUT2D eigenvalue weighted by Gasteiger charge is 2.54. The van der Waals surface area contributed by atoms with Gasteiger partial charge in [0, 0.05) is 11.8 Å². The van der Waals surface area contributed by atoms with Crippen LogP contribution >= 0.6 is 27.5 Å². The van der Waals surface area contributed by atoms with Gasteiger partial charge in [0.2, 0.25) is 0 Å². The van der Waals surface area contributed by atoms with Crippen molar-refractivity contribution in [2.24, 2.45) is 29.1 Å². The molecule has 0 spiro atoms. The number of carbonyl (C=O) groups is 1. The summed E-state index contributed by atoms with van der Waals surface area (Å²) in [7, 11) is 0. The second kappa shape index (κ2) is 6.02. The Morgan fingerprint density at radius 3 is 2.78 bits per heavy atom. The van der Waals surface area contributed by atoms with Crippen LogP contribution in [0.4, 0.5) is 0 Å². The molecule has 0 aromatic carbocycles. The topological polar surface area (TPSA) is 17.1 Å². The van der Waals surface area contributed by atoms with Gasteiger partial charge in [0.25, 0.3) is 0 Å². The lowest BCUT2D eigenvalue weighted by molar-refractivity contribution is -0.116. The van der Waals surface area contributed by atoms with Crippen LogP contribution in [0.3, 0.4) is 0 Å². The zero-order chi connectivity index (χ0) is 16.2. The van der Waals surface area contributed by atoms with Crippen LogP contribution in [0.1, 0.15) is 58.3 Å². The van der Waals surface area contributed by atoms with E-state index >= 15 is 0 Å². The van der Waals surface area contributed by atoms with Gasteiger partial charge in [-0.15, -0.1) is 0 Å². The molecule has 0 radical (unpaired) electrons. The van der Waals surface area contributed by atoms with E-state index in [1.165, 1.54) is 37.7 Å². The molecule has 0 aromatic heterocycles. The molecule has 3 heteroatoms. The normalized spacial score (nSPS) is 45.0. The SMILES string of the molecule is C[C@]12CC[C@H]3[C@@H](CCC4=C(Cl)C(=O)CC[C@@H]43)[C@@H]1CC/C2=C/CBr. The second-order valence-electron chi connectivity index (χ2n) is 8.26. The lowest BCUT2D eigenvalue weighted by Gasteiger charge is -2.53. The molecule has 4 rings (SSSR count). The molecule has 1 nitrogen and oxygen atoms in total. The number of hydrogen-bond donors (Lipinski definition) is 0. The predicted octanol–water partition coefficient (Wildman–Crippen LogP) is 6.02. The van der Waals surface area contributed by atoms with E-state index in [0.29, 0.717) is 22.8 Å². The van der Waals surface area contributed by atoms with Crippen molar-refractivity contribution in [3.63, 3.8) is 0 Å². The first-order chi connectivity index (χ1) is 11.1. The molecule has 5 atom stereocenters. The summed E-state index contributed by atoms with van der Waals surface area (Å²) in [6, 6.07) is 0. The summed E-state index contributed by atoms with van der Waals surface area (Å²) in [6.45, 7) is 2.53. The highest BCUT2D eigenvalue weighted by atomic mass is 79.9. The number of fused-ring (bicyclic) bond motifs is 5. The van der Waals surface area contributed by atoms with Crippen LogP contribution in [0.15, 0.2) is 22.3 Å². The highest BCUT2D eigenvalue weighted by Crippen LogP contribution is 2.63. The maximum Gasteiger partial charge on any atom is 0.174 e. The molecule has 0 bridgehead atoms. The van der Waals surface area contributed by atoms with Crippen molar-refractivity contribution in [2.75, 3.05) is 5.33 Å². The quantitative estimate of drug-likeness (QED) is 0.391. The van der Waals surface area contributed by atoms with Gasteiger partial charge in [-0.1, -0.05) is 46.1 Å². The average Bonchev–Trinajstić information content (AvgIpc) is 2.88. The number of halogens is 2. The molecule has 3 saturated carbocycles. The Bertz CT molecular complexity index is 592. The lowest BCUT2D eigenvalue weighted by Crippen LogP contribution is -2.45. The summed E-state index contributed by atoms with van der Waals surface area (Å²) in [5.74, 6) is 3.28. The fraction of sp³-hybridized carbons (Fsp3) is 0.750. The van der Waals surface area contributed by atoms with Crippen LogP contribution in [-0.2, 0) is 4.79 Å². The smallest absolute Gasteiger partial charge is 0.174 e. The van der Waals surface area contributed by atoms with Crippen molar-refractivity contribution in [1.29, 1.82) is 0 Å². The average molecular weight is 398 g/mol. The number of Topliss-reactive ketones (excluding diaryl/α,β-unsaturated/α-hetero) is 1. The summed E-state index contributed by atoms with van der Waals surface area (Å²) in [6.07, 6.45) is 11.8. The molecule has 0 N–H and O–H groups in total. The van der Waals surface area contributed by atoms with Crippen LogP contribution in [0, 0.1) is 29.1 Å². The van der Waals surface area contributed by atoms with Gasteiger partial charge in [0.05, 0.1) is 5.03 Å². The Labute approximate surface area is 153 Å². The van der Waals surface area contributed by atoms with Crippen LogP contribution < -0.4 is 0 Å². The van der Waals surface area contributed by atoms with Crippen molar-refractivity contribution >= 4 is 33.3 Å². The van der Waals surface area contributed by atoms with E-state index < -0.39 is 0 Å². The van der Waals surface area contributed by atoms with E-state index in [1.54, 1.807) is 5.57 Å². The Morgan fingerprint density at radius 2 is 2.00 bits per heavy atom. The molecular formula is C20H26BrClO. The van der Waals surface area contributed by atoms with Gasteiger partial charge in [-0.05, 0) is 79.6 Å². The standard InChI is InChI=1S/C20H26BrClO/c1-20-10-8-14-13-5-7-18(23)19(22)16(13)4-3-15(14)17(20)6-2-12(20)9-11-21/h9,13-15,17H,2-8,10-11H2,1H3/b12-9-/t13-,14-,15-,17+,20-/m1/s1. The van der Waals surface area contributed by atoms with Crippen LogP contribution in [0.25, 0.3) is 0 Å². The Morgan fingerprint density at radius 1 is 1.17 bits per heavy atom. The molecule has 0 heterocycles. The maximum absolute atomic E-state index is 12.0. The first-order valence-electron chi connectivity index (χ1n) is 9.23. The number of ketones is 1. The van der Waals surface area contributed by atoms with Gasteiger partial charge < -0.3 is 0 Å². The third-order valence-electron chi connectivity index (χ3n) is 7.58. The number of hydrogen-bond acceptors (Lipinski definition) is 1. The molecule has 23 heavy (non-hydrogen) atoms. The number of carbonyl (C=O) groups excluding carboxylic acids is 1. The summed E-state index contributed by atoms with van der Waals surface area (Å²) in [5, 5.41) is 1.60. The Hall–Kier alpha value is -0.0800. The predicted molar refractivity (Wildman–Crippen MR) is 98.8 cm³/mol. The van der Waals surface area contributed by atoms with E-state index in [0.717, 1.165) is 35.9 Å². The number of alkyl halides is 1. The molecular weight excluding hydrogens is 372 g/mol. The van der Waals surface area contributed by atoms with Crippen LogP contribution in [-0.4, -0.2) is 11.1 Å². The van der Waals surface area contributed by atoms with Gasteiger partial charge in [-0.3, -0.25) is 4.79 Å². The number of allylic oxidation sites excluding steroid dienone is 3. The molecule has 0 unspecified atom stereocenters. The van der Waals surface area contributed by atoms with Crippen molar-refractivity contribution in [2.45, 2.75) is 58.3 Å². The van der Waals surface area contributed by atoms with E-state index in [1.807, 2.05) is 0 Å². The van der Waals surface area contributed by atoms with Gasteiger partial charge >= 0.3 is 0 Å². The highest BCUT2D eigenvalue weighted by molar-refractivity contribution is 9.09. The molecule has 126 valence electrons. The van der Waals surface area contributed by atoms with E-state index in [9.17, 15) is 4.79 Å². The van der Waals surface area contributed by atoms with Crippen molar-refractivity contribution in [1.82, 2.24) is 0 Å². The fourth-order valence-corrected chi connectivity index (χ4v) is 7.23. The van der Waals surface area contributed by atoms with Gasteiger partial charge in [0.15, 0.2) is 5.78 Å². The third-order valence-corrected chi connectivity index (χ3v) is 8.36. The Kier molecular flexibility index (Phi) is 4.29. The maximum atomic E-state index is 12.0. The van der Waals surface area contributed by atoms with Crippen molar-refractivity contribution in [3.8, 4) is 0 Å². The monoisotopic (exact) mass is 396 g/mol. The minimum atomic E-state index is 0.195. The lowest BCUT2D eigenvalue weighted by atomic mass is 9.52. The van der Waals surface area contributed by atoms with Crippen molar-refractivity contribution < 1.29 is 4.79 Å². The van der Waals surface area contributed by atoms with Gasteiger partial charge in [-0.25, -0.2) is 0 Å². The zero-order valence-electron chi connectivity index (χ0n) is 13.9. The van der Waals surface area contributed by atoms with Crippen LogP contribution in [0.5, 0.6) is 0 Å². The van der Waals surface area contributed by atoms with Crippen molar-refractivity contribution in [3.05, 3.63) is 22.3 Å². The fourth-order valence-electron chi connectivity index (χ4n) is 6.51. The molecule has 0 aliphatic heterocycles. The zero-order valence-corrected chi connectivity index (χ0v) is 16.3. The third kappa shape index (κ3) is 2.42. The largest absolute Gasteiger partial charge is 0.293 e. The van der Waals surface area contributed by atoms with E-state index in [4.69, 9.17) is 11.6 Å². The first-order valence-corrected chi connectivity index (χ1v) is 10.7. The summed E-state index contributed by atoms with van der Waals surface area (Å²) >= 11 is 9.99. The second-order valence-corrected chi connectivity index (χ2v) is 9.28. The minimum Gasteiger partial charge on any atom is -0.293 e. The summed E-state index contributed by atoms with van der Waals surface area (Å²) in [5.41, 5.74) is 3.46. The van der Waals surface area contributed by atoms with Gasteiger partial charge in [0.1, 0.15) is 0 Å².